The molecule has 1 nitrogen and oxygen atoms in total. The summed E-state index contributed by atoms with van der Waals surface area (Å²) in [5.41, 5.74) is 4.31. The molecule has 2 rings (SSSR count). The van der Waals surface area contributed by atoms with Gasteiger partial charge in [-0.05, 0) is 43.2 Å². The second kappa shape index (κ2) is 4.59. The van der Waals surface area contributed by atoms with Gasteiger partial charge in [0.05, 0.1) is 0 Å². The Hall–Kier alpha value is -0.850. The van der Waals surface area contributed by atoms with Crippen LogP contribution < -0.4 is 0 Å². The third kappa shape index (κ3) is 2.14. The van der Waals surface area contributed by atoms with Gasteiger partial charge in [-0.2, -0.15) is 0 Å². The molecule has 0 spiro atoms. The monoisotopic (exact) mass is 189 g/mol. The summed E-state index contributed by atoms with van der Waals surface area (Å²) in [5.74, 6) is 0. The average molecular weight is 189 g/mol. The molecule has 76 valence electrons. The maximum absolute atomic E-state index is 4.60. The largest absolute Gasteiger partial charge is 0.261 e. The number of nitrogens with zero attached hydrogens (tertiary/aromatic N) is 1. The van der Waals surface area contributed by atoms with Crippen molar-refractivity contribution in [2.24, 2.45) is 0 Å². The zero-order valence-electron chi connectivity index (χ0n) is 9.05. The van der Waals surface area contributed by atoms with Crippen molar-refractivity contribution >= 4 is 0 Å². The van der Waals surface area contributed by atoms with Gasteiger partial charge in [-0.25, -0.2) is 0 Å². The van der Waals surface area contributed by atoms with Gasteiger partial charge in [0.25, 0.3) is 0 Å². The van der Waals surface area contributed by atoms with Crippen LogP contribution in [0.15, 0.2) is 12.3 Å². The van der Waals surface area contributed by atoms with Crippen LogP contribution >= 0.6 is 0 Å². The number of aryl methyl sites for hydroxylation is 3. The highest BCUT2D eigenvalue weighted by Crippen LogP contribution is 2.20. The van der Waals surface area contributed by atoms with E-state index in [0.29, 0.717) is 0 Å². The summed E-state index contributed by atoms with van der Waals surface area (Å²) < 4.78 is 0. The third-order valence-corrected chi connectivity index (χ3v) is 3.01. The fourth-order valence-corrected chi connectivity index (χ4v) is 2.24. The first-order valence-electron chi connectivity index (χ1n) is 5.87. The minimum absolute atomic E-state index is 1.18. The van der Waals surface area contributed by atoms with E-state index in [-0.39, 0.29) is 0 Å². The van der Waals surface area contributed by atoms with E-state index in [4.69, 9.17) is 0 Å². The summed E-state index contributed by atoms with van der Waals surface area (Å²) in [4.78, 5) is 4.60. The summed E-state index contributed by atoms with van der Waals surface area (Å²) in [6.45, 7) is 2.23. The van der Waals surface area contributed by atoms with E-state index in [1.807, 2.05) is 0 Å². The van der Waals surface area contributed by atoms with E-state index in [1.165, 1.54) is 61.8 Å². The van der Waals surface area contributed by atoms with E-state index in [0.717, 1.165) is 0 Å². The van der Waals surface area contributed by atoms with Crippen molar-refractivity contribution in [3.8, 4) is 0 Å². The number of rotatable bonds is 2. The van der Waals surface area contributed by atoms with E-state index in [1.54, 1.807) is 0 Å². The Bertz CT molecular complexity index is 304. The van der Waals surface area contributed by atoms with Crippen LogP contribution in [-0.2, 0) is 19.3 Å². The molecular weight excluding hydrogens is 170 g/mol. The second-order valence-electron chi connectivity index (χ2n) is 4.26. The molecule has 0 aliphatic heterocycles. The van der Waals surface area contributed by atoms with Crippen LogP contribution in [0, 0.1) is 0 Å². The summed E-state index contributed by atoms with van der Waals surface area (Å²) in [6.07, 6.45) is 11.0. The van der Waals surface area contributed by atoms with Crippen LogP contribution in [-0.4, -0.2) is 4.98 Å². The zero-order chi connectivity index (χ0) is 9.80. The number of fused-ring (bicyclic) bond motifs is 1. The minimum atomic E-state index is 1.18. The molecule has 1 aliphatic rings. The van der Waals surface area contributed by atoms with Crippen LogP contribution in [0.1, 0.15) is 49.4 Å². The fraction of sp³-hybridized carbons (Fsp3) is 0.615. The van der Waals surface area contributed by atoms with Crippen LogP contribution in [0.2, 0.25) is 0 Å². The maximum Gasteiger partial charge on any atom is 0.0435 e. The van der Waals surface area contributed by atoms with Crippen LogP contribution in [0.3, 0.4) is 0 Å². The number of hydrogen-bond donors (Lipinski definition) is 0. The van der Waals surface area contributed by atoms with Gasteiger partial charge in [0.1, 0.15) is 0 Å². The van der Waals surface area contributed by atoms with E-state index >= 15 is 0 Å². The molecule has 0 bridgehead atoms. The molecule has 0 aromatic carbocycles. The number of hydrogen-bond acceptors (Lipinski definition) is 1. The van der Waals surface area contributed by atoms with Gasteiger partial charge in [-0.3, -0.25) is 4.98 Å². The summed E-state index contributed by atoms with van der Waals surface area (Å²) in [6, 6.07) is 2.39. The smallest absolute Gasteiger partial charge is 0.0435 e. The SMILES string of the molecule is CCCc1cnc2c(c1)CCCCC2. The number of aromatic nitrogens is 1. The lowest BCUT2D eigenvalue weighted by Gasteiger charge is -2.06. The standard InChI is InChI=1S/C13H19N/c1-2-6-11-9-12-7-4-3-5-8-13(12)14-10-11/h9-10H,2-8H2,1H3. The molecule has 1 aromatic heterocycles. The molecule has 0 atom stereocenters. The molecule has 1 aliphatic carbocycles. The molecule has 1 heterocycles. The van der Waals surface area contributed by atoms with Crippen molar-refractivity contribution in [1.82, 2.24) is 4.98 Å². The summed E-state index contributed by atoms with van der Waals surface area (Å²) in [7, 11) is 0. The molecule has 0 saturated heterocycles. The van der Waals surface area contributed by atoms with Crippen molar-refractivity contribution in [1.29, 1.82) is 0 Å². The van der Waals surface area contributed by atoms with Crippen LogP contribution in [0.5, 0.6) is 0 Å². The summed E-state index contributed by atoms with van der Waals surface area (Å²) >= 11 is 0. The quantitative estimate of drug-likeness (QED) is 0.650. The van der Waals surface area contributed by atoms with Crippen molar-refractivity contribution in [3.63, 3.8) is 0 Å². The van der Waals surface area contributed by atoms with Crippen molar-refractivity contribution < 1.29 is 0 Å². The van der Waals surface area contributed by atoms with Crippen molar-refractivity contribution in [2.45, 2.75) is 51.9 Å². The highest BCUT2D eigenvalue weighted by molar-refractivity contribution is 5.26. The zero-order valence-corrected chi connectivity index (χ0v) is 9.05. The Balaban J connectivity index is 2.23. The van der Waals surface area contributed by atoms with Gasteiger partial charge >= 0.3 is 0 Å². The predicted molar refractivity (Wildman–Crippen MR) is 59.5 cm³/mol. The first-order chi connectivity index (χ1) is 6.90. The molecule has 0 saturated carbocycles. The lowest BCUT2D eigenvalue weighted by atomic mass is 10.0. The molecule has 0 unspecified atom stereocenters. The lowest BCUT2D eigenvalue weighted by Crippen LogP contribution is -1.97. The molecule has 1 aromatic rings. The Morgan fingerprint density at radius 3 is 2.93 bits per heavy atom. The molecule has 0 radical (unpaired) electrons. The molecular formula is C13H19N. The number of pyridine rings is 1. The van der Waals surface area contributed by atoms with Crippen LogP contribution in [0.25, 0.3) is 0 Å². The topological polar surface area (TPSA) is 12.9 Å². The fourth-order valence-electron chi connectivity index (χ4n) is 2.24. The Morgan fingerprint density at radius 2 is 2.07 bits per heavy atom. The molecule has 0 amide bonds. The van der Waals surface area contributed by atoms with Gasteiger partial charge in [-0.1, -0.05) is 25.8 Å². The Kier molecular flexibility index (Phi) is 3.18. The van der Waals surface area contributed by atoms with Gasteiger partial charge in [-0.15, -0.1) is 0 Å². The molecule has 0 fully saturated rings. The van der Waals surface area contributed by atoms with E-state index < -0.39 is 0 Å². The molecule has 14 heavy (non-hydrogen) atoms. The van der Waals surface area contributed by atoms with Crippen molar-refractivity contribution in [3.05, 3.63) is 29.1 Å². The first-order valence-corrected chi connectivity index (χ1v) is 5.87. The second-order valence-corrected chi connectivity index (χ2v) is 4.26. The maximum atomic E-state index is 4.60. The van der Waals surface area contributed by atoms with Gasteiger partial charge in [0, 0.05) is 11.9 Å². The third-order valence-electron chi connectivity index (χ3n) is 3.01. The van der Waals surface area contributed by atoms with Gasteiger partial charge < -0.3 is 0 Å². The average Bonchev–Trinajstić information content (AvgIpc) is 2.42. The summed E-state index contributed by atoms with van der Waals surface area (Å²) in [5, 5.41) is 0. The molecule has 0 N–H and O–H groups in total. The Labute approximate surface area is 86.6 Å². The van der Waals surface area contributed by atoms with E-state index in [9.17, 15) is 0 Å². The molecule has 1 heteroatoms. The highest BCUT2D eigenvalue weighted by Gasteiger charge is 2.09. The van der Waals surface area contributed by atoms with Gasteiger partial charge in [0.15, 0.2) is 0 Å². The highest BCUT2D eigenvalue weighted by atomic mass is 14.7. The van der Waals surface area contributed by atoms with Crippen molar-refractivity contribution in [2.75, 3.05) is 0 Å². The van der Waals surface area contributed by atoms with Crippen LogP contribution in [0.4, 0.5) is 0 Å². The first kappa shape index (κ1) is 9.70. The minimum Gasteiger partial charge on any atom is -0.261 e. The normalized spacial score (nSPS) is 16.1. The predicted octanol–water partition coefficient (Wildman–Crippen LogP) is 3.30. The van der Waals surface area contributed by atoms with E-state index in [2.05, 4.69) is 24.2 Å². The lowest BCUT2D eigenvalue weighted by molar-refractivity contribution is 0.708. The van der Waals surface area contributed by atoms with Gasteiger partial charge in [0.2, 0.25) is 0 Å². The Morgan fingerprint density at radius 1 is 1.21 bits per heavy atom.